The predicted molar refractivity (Wildman–Crippen MR) is 48.1 cm³/mol. The lowest BCUT2D eigenvalue weighted by molar-refractivity contribution is 0.107. The summed E-state index contributed by atoms with van der Waals surface area (Å²) in [6.45, 7) is 6.00. The Labute approximate surface area is 69.8 Å². The Balaban J connectivity index is 3.48. The average Bonchev–Trinajstić information content (AvgIpc) is 2.03. The highest BCUT2D eigenvalue weighted by molar-refractivity contribution is 4.95. The zero-order valence-electron chi connectivity index (χ0n) is 7.72. The van der Waals surface area contributed by atoms with Crippen LogP contribution in [0.2, 0.25) is 0 Å². The Morgan fingerprint density at radius 3 is 2.55 bits per heavy atom. The minimum atomic E-state index is -0.166. The first kappa shape index (κ1) is 10.5. The summed E-state index contributed by atoms with van der Waals surface area (Å²) in [5, 5.41) is 9.48. The zero-order chi connectivity index (χ0) is 8.69. The topological polar surface area (TPSA) is 20.2 Å². The second-order valence-corrected chi connectivity index (χ2v) is 2.92. The van der Waals surface area contributed by atoms with E-state index in [1.807, 2.05) is 6.92 Å². The van der Waals surface area contributed by atoms with Crippen LogP contribution in [0.5, 0.6) is 0 Å². The van der Waals surface area contributed by atoms with Gasteiger partial charge >= 0.3 is 0 Å². The SMILES string of the molecule is CC#CCCC(O)C(C)CC. The van der Waals surface area contributed by atoms with Crippen LogP contribution in [0, 0.1) is 17.8 Å². The highest BCUT2D eigenvalue weighted by Gasteiger charge is 2.10. The first-order chi connectivity index (χ1) is 5.22. The Bertz CT molecular complexity index is 141. The summed E-state index contributed by atoms with van der Waals surface area (Å²) < 4.78 is 0. The van der Waals surface area contributed by atoms with Crippen molar-refractivity contribution in [1.29, 1.82) is 0 Å². The van der Waals surface area contributed by atoms with Crippen molar-refractivity contribution in [2.75, 3.05) is 0 Å². The van der Waals surface area contributed by atoms with E-state index in [2.05, 4.69) is 25.7 Å². The first-order valence-electron chi connectivity index (χ1n) is 4.30. The van der Waals surface area contributed by atoms with E-state index in [4.69, 9.17) is 0 Å². The predicted octanol–water partition coefficient (Wildman–Crippen LogP) is 2.20. The minimum Gasteiger partial charge on any atom is -0.393 e. The Kier molecular flexibility index (Phi) is 5.97. The molecule has 0 aromatic heterocycles. The largest absolute Gasteiger partial charge is 0.393 e. The third kappa shape index (κ3) is 4.86. The highest BCUT2D eigenvalue weighted by Crippen LogP contribution is 2.11. The molecule has 0 radical (unpaired) electrons. The van der Waals surface area contributed by atoms with Crippen LogP contribution in [0.15, 0.2) is 0 Å². The lowest BCUT2D eigenvalue weighted by Crippen LogP contribution is -2.16. The van der Waals surface area contributed by atoms with Crippen molar-refractivity contribution >= 4 is 0 Å². The van der Waals surface area contributed by atoms with Gasteiger partial charge in [-0.3, -0.25) is 0 Å². The van der Waals surface area contributed by atoms with Crippen LogP contribution in [0.3, 0.4) is 0 Å². The fourth-order valence-electron chi connectivity index (χ4n) is 0.902. The summed E-state index contributed by atoms with van der Waals surface area (Å²) in [6.07, 6.45) is 2.51. The van der Waals surface area contributed by atoms with Gasteiger partial charge in [0.25, 0.3) is 0 Å². The molecule has 0 aliphatic rings. The van der Waals surface area contributed by atoms with Crippen LogP contribution in [-0.4, -0.2) is 11.2 Å². The van der Waals surface area contributed by atoms with Crippen LogP contribution < -0.4 is 0 Å². The second kappa shape index (κ2) is 6.24. The number of aliphatic hydroxyl groups excluding tert-OH is 1. The minimum absolute atomic E-state index is 0.166. The van der Waals surface area contributed by atoms with Gasteiger partial charge in [0.15, 0.2) is 0 Å². The van der Waals surface area contributed by atoms with Crippen molar-refractivity contribution in [3.8, 4) is 11.8 Å². The molecule has 1 heteroatoms. The van der Waals surface area contributed by atoms with Crippen LogP contribution in [0.25, 0.3) is 0 Å². The molecule has 0 aromatic carbocycles. The fourth-order valence-corrected chi connectivity index (χ4v) is 0.902. The molecular weight excluding hydrogens is 136 g/mol. The van der Waals surface area contributed by atoms with E-state index >= 15 is 0 Å². The molecule has 1 nitrogen and oxygen atoms in total. The summed E-state index contributed by atoms with van der Waals surface area (Å²) in [5.41, 5.74) is 0. The van der Waals surface area contributed by atoms with E-state index in [0.29, 0.717) is 5.92 Å². The van der Waals surface area contributed by atoms with Gasteiger partial charge in [0.2, 0.25) is 0 Å². The quantitative estimate of drug-likeness (QED) is 0.615. The summed E-state index contributed by atoms with van der Waals surface area (Å²) in [4.78, 5) is 0. The van der Waals surface area contributed by atoms with E-state index in [1.54, 1.807) is 0 Å². The first-order valence-corrected chi connectivity index (χ1v) is 4.30. The Hall–Kier alpha value is -0.480. The Morgan fingerprint density at radius 2 is 2.09 bits per heavy atom. The second-order valence-electron chi connectivity index (χ2n) is 2.92. The molecule has 11 heavy (non-hydrogen) atoms. The lowest BCUT2D eigenvalue weighted by Gasteiger charge is -2.15. The maximum atomic E-state index is 9.48. The van der Waals surface area contributed by atoms with Gasteiger partial charge in [-0.2, -0.15) is 0 Å². The molecule has 0 aromatic rings. The maximum absolute atomic E-state index is 9.48. The van der Waals surface area contributed by atoms with Crippen LogP contribution in [0.1, 0.15) is 40.0 Å². The lowest BCUT2D eigenvalue weighted by atomic mass is 9.98. The molecule has 0 saturated heterocycles. The smallest absolute Gasteiger partial charge is 0.0574 e. The summed E-state index contributed by atoms with van der Waals surface area (Å²) in [7, 11) is 0. The van der Waals surface area contributed by atoms with Crippen molar-refractivity contribution in [3.63, 3.8) is 0 Å². The molecule has 0 rings (SSSR count). The van der Waals surface area contributed by atoms with E-state index < -0.39 is 0 Å². The third-order valence-electron chi connectivity index (χ3n) is 2.04. The van der Waals surface area contributed by atoms with E-state index in [-0.39, 0.29) is 6.10 Å². The molecule has 2 atom stereocenters. The average molecular weight is 154 g/mol. The van der Waals surface area contributed by atoms with Gasteiger partial charge in [-0.05, 0) is 19.3 Å². The van der Waals surface area contributed by atoms with Crippen molar-refractivity contribution in [1.82, 2.24) is 0 Å². The summed E-state index contributed by atoms with van der Waals surface area (Å²) in [5.74, 6) is 6.18. The molecule has 0 aliphatic heterocycles. The van der Waals surface area contributed by atoms with Crippen LogP contribution >= 0.6 is 0 Å². The molecule has 0 bridgehead atoms. The maximum Gasteiger partial charge on any atom is 0.0574 e. The molecule has 64 valence electrons. The van der Waals surface area contributed by atoms with E-state index in [9.17, 15) is 5.11 Å². The molecule has 0 spiro atoms. The molecule has 0 amide bonds. The standard InChI is InChI=1S/C10H18O/c1-4-6-7-8-10(11)9(3)5-2/h9-11H,5,7-8H2,1-3H3. The highest BCUT2D eigenvalue weighted by atomic mass is 16.3. The van der Waals surface area contributed by atoms with E-state index in [1.165, 1.54) is 0 Å². The molecule has 2 unspecified atom stereocenters. The van der Waals surface area contributed by atoms with E-state index in [0.717, 1.165) is 19.3 Å². The number of aliphatic hydroxyl groups is 1. The molecule has 0 aliphatic carbocycles. The molecule has 0 heterocycles. The molecule has 1 N–H and O–H groups in total. The molecule has 0 saturated carbocycles. The van der Waals surface area contributed by atoms with Crippen molar-refractivity contribution in [2.24, 2.45) is 5.92 Å². The third-order valence-corrected chi connectivity index (χ3v) is 2.04. The molecule has 0 fully saturated rings. The van der Waals surface area contributed by atoms with Gasteiger partial charge in [0, 0.05) is 6.42 Å². The van der Waals surface area contributed by atoms with Crippen molar-refractivity contribution < 1.29 is 5.11 Å². The van der Waals surface area contributed by atoms with Gasteiger partial charge in [-0.15, -0.1) is 11.8 Å². The van der Waals surface area contributed by atoms with Gasteiger partial charge in [-0.25, -0.2) is 0 Å². The number of hydrogen-bond acceptors (Lipinski definition) is 1. The van der Waals surface area contributed by atoms with Gasteiger partial charge in [-0.1, -0.05) is 20.3 Å². The zero-order valence-corrected chi connectivity index (χ0v) is 7.72. The van der Waals surface area contributed by atoms with Crippen molar-refractivity contribution in [3.05, 3.63) is 0 Å². The number of hydrogen-bond donors (Lipinski definition) is 1. The normalized spacial score (nSPS) is 14.9. The summed E-state index contributed by atoms with van der Waals surface area (Å²) in [6, 6.07) is 0. The van der Waals surface area contributed by atoms with Crippen molar-refractivity contribution in [2.45, 2.75) is 46.1 Å². The van der Waals surface area contributed by atoms with Crippen LogP contribution in [-0.2, 0) is 0 Å². The summed E-state index contributed by atoms with van der Waals surface area (Å²) >= 11 is 0. The Morgan fingerprint density at radius 1 is 1.45 bits per heavy atom. The van der Waals surface area contributed by atoms with Gasteiger partial charge < -0.3 is 5.11 Å². The van der Waals surface area contributed by atoms with Crippen LogP contribution in [0.4, 0.5) is 0 Å². The monoisotopic (exact) mass is 154 g/mol. The van der Waals surface area contributed by atoms with Gasteiger partial charge in [0.1, 0.15) is 0 Å². The number of rotatable bonds is 4. The van der Waals surface area contributed by atoms with Gasteiger partial charge in [0.05, 0.1) is 6.10 Å². The fraction of sp³-hybridized carbons (Fsp3) is 0.800. The molecular formula is C10H18O.